The van der Waals surface area contributed by atoms with Gasteiger partial charge in [0.2, 0.25) is 0 Å². The molecule has 1 aliphatic carbocycles. The van der Waals surface area contributed by atoms with E-state index >= 15 is 4.39 Å². The Labute approximate surface area is 232 Å². The van der Waals surface area contributed by atoms with Crippen LogP contribution in [0.2, 0.25) is 0 Å². The van der Waals surface area contributed by atoms with E-state index in [1.807, 2.05) is 0 Å². The lowest BCUT2D eigenvalue weighted by Gasteiger charge is -2.21. The molecule has 0 amide bonds. The molecule has 4 aromatic rings. The molecule has 6 rings (SSSR count). The molecule has 3 aromatic carbocycles. The van der Waals surface area contributed by atoms with E-state index in [0.29, 0.717) is 47.7 Å². The largest absolute Gasteiger partial charge is 0.492 e. The maximum atomic E-state index is 15.4. The average molecular weight is 568 g/mol. The van der Waals surface area contributed by atoms with Crippen molar-refractivity contribution in [3.63, 3.8) is 0 Å². The minimum Gasteiger partial charge on any atom is -0.492 e. The first-order chi connectivity index (χ1) is 19.6. The zero-order valence-corrected chi connectivity index (χ0v) is 22.2. The first-order valence-electron chi connectivity index (χ1n) is 13.0. The Morgan fingerprint density at radius 2 is 1.93 bits per heavy atom. The highest BCUT2D eigenvalue weighted by Gasteiger charge is 2.40. The summed E-state index contributed by atoms with van der Waals surface area (Å²) in [5, 5.41) is 4.23. The highest BCUT2D eigenvalue weighted by molar-refractivity contribution is 5.75. The summed E-state index contributed by atoms with van der Waals surface area (Å²) < 4.78 is 76.0. The number of hydrogen-bond donors (Lipinski definition) is 0. The van der Waals surface area contributed by atoms with E-state index < -0.39 is 23.7 Å². The van der Waals surface area contributed by atoms with Crippen molar-refractivity contribution in [1.82, 2.24) is 14.8 Å². The summed E-state index contributed by atoms with van der Waals surface area (Å²) >= 11 is 0. The van der Waals surface area contributed by atoms with E-state index in [4.69, 9.17) is 14.2 Å². The Morgan fingerprint density at radius 3 is 2.61 bits per heavy atom. The number of fused-ring (bicyclic) bond motifs is 2. The molecule has 0 radical (unpaired) electrons. The fourth-order valence-corrected chi connectivity index (χ4v) is 5.62. The molecule has 2 unspecified atom stereocenters. The molecule has 1 aliphatic heterocycles. The van der Waals surface area contributed by atoms with E-state index in [0.717, 1.165) is 5.56 Å². The van der Waals surface area contributed by atoms with Gasteiger partial charge < -0.3 is 14.2 Å². The summed E-state index contributed by atoms with van der Waals surface area (Å²) in [6.45, 7) is 2.05. The van der Waals surface area contributed by atoms with Gasteiger partial charge in [-0.3, -0.25) is 4.79 Å². The molecular formula is C30H25F4N3O4. The van der Waals surface area contributed by atoms with Gasteiger partial charge in [0.15, 0.2) is 0 Å². The minimum atomic E-state index is -4.76. The SMILES string of the molecule is COC(=O)CC1COc2cc(OC3CCc4c(-c5ccc(-n6cnc(C)n6)cc5)c(C(F)(F)F)cc(F)c43)ccc21. The van der Waals surface area contributed by atoms with Crippen LogP contribution in [-0.2, 0) is 22.1 Å². The van der Waals surface area contributed by atoms with E-state index in [1.165, 1.54) is 18.1 Å². The molecule has 41 heavy (non-hydrogen) atoms. The number of hydrogen-bond acceptors (Lipinski definition) is 6. The second-order valence-electron chi connectivity index (χ2n) is 10.1. The summed E-state index contributed by atoms with van der Waals surface area (Å²) in [7, 11) is 1.33. The average Bonchev–Trinajstić information content (AvgIpc) is 3.67. The summed E-state index contributed by atoms with van der Waals surface area (Å²) in [5.41, 5.74) is 1.11. The molecule has 2 heterocycles. The van der Waals surface area contributed by atoms with E-state index in [-0.39, 0.29) is 41.4 Å². The fraction of sp³-hybridized carbons (Fsp3) is 0.300. The first kappa shape index (κ1) is 26.8. The number of alkyl halides is 3. The topological polar surface area (TPSA) is 75.5 Å². The predicted molar refractivity (Wildman–Crippen MR) is 139 cm³/mol. The van der Waals surface area contributed by atoms with E-state index in [2.05, 4.69) is 10.1 Å². The zero-order chi connectivity index (χ0) is 28.9. The second kappa shape index (κ2) is 10.2. The Hall–Kier alpha value is -4.41. The van der Waals surface area contributed by atoms with Gasteiger partial charge in [-0.15, -0.1) is 0 Å². The summed E-state index contributed by atoms with van der Waals surface area (Å²) in [6, 6.07) is 12.2. The molecule has 7 nitrogen and oxygen atoms in total. The molecule has 0 spiro atoms. The van der Waals surface area contributed by atoms with Crippen molar-refractivity contribution < 1.29 is 36.6 Å². The van der Waals surface area contributed by atoms with Gasteiger partial charge in [0, 0.05) is 23.1 Å². The van der Waals surface area contributed by atoms with Crippen LogP contribution in [0.3, 0.4) is 0 Å². The maximum absolute atomic E-state index is 15.4. The molecule has 212 valence electrons. The third kappa shape index (κ3) is 5.00. The van der Waals surface area contributed by atoms with Gasteiger partial charge in [-0.2, -0.15) is 18.3 Å². The molecule has 0 fully saturated rings. The zero-order valence-electron chi connectivity index (χ0n) is 22.2. The van der Waals surface area contributed by atoms with Crippen LogP contribution in [-0.4, -0.2) is 34.5 Å². The van der Waals surface area contributed by atoms with Gasteiger partial charge in [0.05, 0.1) is 31.4 Å². The number of rotatable bonds is 6. The van der Waals surface area contributed by atoms with Crippen LogP contribution in [0, 0.1) is 12.7 Å². The number of esters is 1. The highest BCUT2D eigenvalue weighted by Crippen LogP contribution is 2.48. The second-order valence-corrected chi connectivity index (χ2v) is 10.1. The number of methoxy groups -OCH3 is 1. The van der Waals surface area contributed by atoms with Crippen molar-refractivity contribution in [3.8, 4) is 28.3 Å². The molecule has 0 saturated carbocycles. The minimum absolute atomic E-state index is 0.0516. The number of benzene rings is 3. The molecule has 11 heteroatoms. The summed E-state index contributed by atoms with van der Waals surface area (Å²) in [5.74, 6) is 0.0524. The fourth-order valence-electron chi connectivity index (χ4n) is 5.62. The highest BCUT2D eigenvalue weighted by atomic mass is 19.4. The van der Waals surface area contributed by atoms with Crippen LogP contribution in [0.5, 0.6) is 11.5 Å². The van der Waals surface area contributed by atoms with Crippen LogP contribution in [0.25, 0.3) is 16.8 Å². The molecule has 2 atom stereocenters. The van der Waals surface area contributed by atoms with Gasteiger partial charge in [0.1, 0.15) is 35.6 Å². The summed E-state index contributed by atoms with van der Waals surface area (Å²) in [6.07, 6.45) is -3.33. The van der Waals surface area contributed by atoms with Crippen molar-refractivity contribution >= 4 is 5.97 Å². The summed E-state index contributed by atoms with van der Waals surface area (Å²) in [4.78, 5) is 15.8. The molecular weight excluding hydrogens is 542 g/mol. The first-order valence-corrected chi connectivity index (χ1v) is 13.0. The number of nitrogens with zero attached hydrogens (tertiary/aromatic N) is 3. The van der Waals surface area contributed by atoms with Gasteiger partial charge in [-0.25, -0.2) is 14.1 Å². The Morgan fingerprint density at radius 1 is 1.15 bits per heavy atom. The predicted octanol–water partition coefficient (Wildman–Crippen LogP) is 6.51. The smallest absolute Gasteiger partial charge is 0.417 e. The van der Waals surface area contributed by atoms with Crippen LogP contribution in [0.15, 0.2) is 54.9 Å². The van der Waals surface area contributed by atoms with Crippen LogP contribution in [0.4, 0.5) is 17.6 Å². The lowest BCUT2D eigenvalue weighted by molar-refractivity contribution is -0.141. The number of halogens is 4. The molecule has 2 aliphatic rings. The Kier molecular flexibility index (Phi) is 6.67. The molecule has 0 N–H and O–H groups in total. The van der Waals surface area contributed by atoms with Gasteiger partial charge in [0.25, 0.3) is 0 Å². The van der Waals surface area contributed by atoms with Gasteiger partial charge in [-0.05, 0) is 60.7 Å². The van der Waals surface area contributed by atoms with Gasteiger partial charge >= 0.3 is 12.1 Å². The quantitative estimate of drug-likeness (QED) is 0.196. The van der Waals surface area contributed by atoms with Crippen molar-refractivity contribution in [1.29, 1.82) is 0 Å². The monoisotopic (exact) mass is 567 g/mol. The molecule has 0 saturated heterocycles. The Balaban J connectivity index is 1.33. The molecule has 0 bridgehead atoms. The molecule has 1 aromatic heterocycles. The maximum Gasteiger partial charge on any atom is 0.417 e. The lowest BCUT2D eigenvalue weighted by Crippen LogP contribution is -2.13. The third-order valence-corrected chi connectivity index (χ3v) is 7.52. The Bertz CT molecular complexity index is 1630. The third-order valence-electron chi connectivity index (χ3n) is 7.52. The number of ether oxygens (including phenoxy) is 3. The van der Waals surface area contributed by atoms with E-state index in [1.54, 1.807) is 49.4 Å². The number of aryl methyl sites for hydroxylation is 1. The van der Waals surface area contributed by atoms with Crippen molar-refractivity contribution in [2.45, 2.75) is 44.4 Å². The van der Waals surface area contributed by atoms with Crippen molar-refractivity contribution in [2.24, 2.45) is 0 Å². The van der Waals surface area contributed by atoms with Crippen LogP contribution < -0.4 is 9.47 Å². The lowest BCUT2D eigenvalue weighted by atomic mass is 9.90. The van der Waals surface area contributed by atoms with Gasteiger partial charge in [-0.1, -0.05) is 18.2 Å². The van der Waals surface area contributed by atoms with E-state index in [9.17, 15) is 18.0 Å². The number of aromatic nitrogens is 3. The van der Waals surface area contributed by atoms with Crippen LogP contribution in [0.1, 0.15) is 52.9 Å². The number of carbonyl (C=O) groups excluding carboxylic acids is 1. The number of carbonyl (C=O) groups is 1. The standard InChI is InChI=1S/C30H25F4N3O4/c1-16-35-15-37(36-16)19-5-3-17(4-6-19)28-22-9-10-25(29(22)24(31)13-23(28)30(32,33)34)41-20-7-8-21-18(11-27(38)39-2)14-40-26(21)12-20/h3-8,12-13,15,18,25H,9-11,14H2,1-2H3. The van der Waals surface area contributed by atoms with Crippen molar-refractivity contribution in [3.05, 3.63) is 88.8 Å². The van der Waals surface area contributed by atoms with Crippen LogP contribution >= 0.6 is 0 Å². The normalized spacial score (nSPS) is 17.6. The van der Waals surface area contributed by atoms with Crippen molar-refractivity contribution in [2.75, 3.05) is 13.7 Å².